The van der Waals surface area contributed by atoms with Crippen molar-refractivity contribution in [3.63, 3.8) is 0 Å². The summed E-state index contributed by atoms with van der Waals surface area (Å²) in [5.41, 5.74) is 0. The quantitative estimate of drug-likeness (QED) is 0.760. The van der Waals surface area contributed by atoms with Gasteiger partial charge in [0.05, 0.1) is 18.1 Å². The molecule has 1 aromatic rings. The van der Waals surface area contributed by atoms with Crippen LogP contribution in [0.15, 0.2) is 9.32 Å². The standard InChI is InChI=1S/C11H15N3O4/c15-10(7-5-6-1-2-8(7)17-6)12-4-3-9-13-11(16)18-14-9/h6-8H,1-5H2,(H,12,15)(H,13,14,16)/t6-,7+,8+/m0/s1. The Kier molecular flexibility index (Phi) is 2.91. The Labute approximate surface area is 103 Å². The number of ether oxygens (including phenoxy) is 1. The molecular formula is C11H15N3O4. The van der Waals surface area contributed by atoms with E-state index in [-0.39, 0.29) is 24.0 Å². The number of carbonyl (C=O) groups is 1. The molecule has 2 fully saturated rings. The zero-order valence-electron chi connectivity index (χ0n) is 9.85. The van der Waals surface area contributed by atoms with Crippen molar-refractivity contribution in [3.05, 3.63) is 16.4 Å². The van der Waals surface area contributed by atoms with E-state index in [4.69, 9.17) is 4.74 Å². The molecule has 1 amide bonds. The number of amides is 1. The largest absolute Gasteiger partial charge is 0.438 e. The van der Waals surface area contributed by atoms with E-state index in [1.807, 2.05) is 0 Å². The Hall–Kier alpha value is -1.63. The molecule has 3 heterocycles. The number of nitrogens with zero attached hydrogens (tertiary/aromatic N) is 1. The number of carbonyl (C=O) groups excluding carboxylic acids is 1. The minimum atomic E-state index is -0.571. The molecule has 2 saturated heterocycles. The van der Waals surface area contributed by atoms with Gasteiger partial charge in [0.2, 0.25) is 5.91 Å². The monoisotopic (exact) mass is 253 g/mol. The van der Waals surface area contributed by atoms with Gasteiger partial charge in [0.1, 0.15) is 0 Å². The van der Waals surface area contributed by atoms with E-state index in [9.17, 15) is 9.59 Å². The molecule has 2 N–H and O–H groups in total. The third kappa shape index (κ3) is 2.17. The third-order valence-corrected chi connectivity index (χ3v) is 3.59. The summed E-state index contributed by atoms with van der Waals surface area (Å²) in [5.74, 6) is -0.101. The molecule has 0 radical (unpaired) electrons. The fraction of sp³-hybridized carbons (Fsp3) is 0.727. The van der Waals surface area contributed by atoms with E-state index in [0.29, 0.717) is 18.8 Å². The first-order valence-corrected chi connectivity index (χ1v) is 6.20. The Morgan fingerprint density at radius 1 is 1.50 bits per heavy atom. The van der Waals surface area contributed by atoms with Crippen molar-refractivity contribution in [2.75, 3.05) is 6.54 Å². The highest BCUT2D eigenvalue weighted by molar-refractivity contribution is 5.79. The highest BCUT2D eigenvalue weighted by Gasteiger charge is 2.44. The van der Waals surface area contributed by atoms with Crippen LogP contribution in [0.4, 0.5) is 0 Å². The molecule has 2 aliphatic rings. The molecule has 3 atom stereocenters. The van der Waals surface area contributed by atoms with Crippen molar-refractivity contribution >= 4 is 5.91 Å². The van der Waals surface area contributed by atoms with Gasteiger partial charge in [0.15, 0.2) is 5.82 Å². The zero-order valence-corrected chi connectivity index (χ0v) is 9.85. The smallest absolute Gasteiger partial charge is 0.374 e. The Bertz CT molecular complexity index is 494. The van der Waals surface area contributed by atoms with Crippen LogP contribution in [0.3, 0.4) is 0 Å². The van der Waals surface area contributed by atoms with Crippen molar-refractivity contribution in [2.24, 2.45) is 5.92 Å². The number of hydrogen-bond donors (Lipinski definition) is 2. The average molecular weight is 253 g/mol. The van der Waals surface area contributed by atoms with E-state index < -0.39 is 5.76 Å². The summed E-state index contributed by atoms with van der Waals surface area (Å²) in [6.45, 7) is 0.440. The maximum atomic E-state index is 11.9. The molecule has 18 heavy (non-hydrogen) atoms. The fourth-order valence-corrected chi connectivity index (χ4v) is 2.72. The van der Waals surface area contributed by atoms with Crippen LogP contribution in [0.1, 0.15) is 25.1 Å². The number of aromatic nitrogens is 2. The second-order valence-electron chi connectivity index (χ2n) is 4.80. The van der Waals surface area contributed by atoms with Gasteiger partial charge in [-0.05, 0) is 19.3 Å². The number of H-pyrrole nitrogens is 1. The van der Waals surface area contributed by atoms with Crippen molar-refractivity contribution < 1.29 is 14.1 Å². The highest BCUT2D eigenvalue weighted by atomic mass is 16.5. The predicted octanol–water partition coefficient (Wildman–Crippen LogP) is -0.411. The van der Waals surface area contributed by atoms with E-state index in [0.717, 1.165) is 19.3 Å². The van der Waals surface area contributed by atoms with Gasteiger partial charge >= 0.3 is 5.76 Å². The van der Waals surface area contributed by atoms with Crippen LogP contribution in [0, 0.1) is 5.92 Å². The summed E-state index contributed by atoms with van der Waals surface area (Å²) in [5, 5.41) is 6.37. The van der Waals surface area contributed by atoms with Gasteiger partial charge in [-0.15, -0.1) is 0 Å². The first-order chi connectivity index (χ1) is 8.72. The molecule has 0 saturated carbocycles. The van der Waals surface area contributed by atoms with Gasteiger partial charge in [0, 0.05) is 13.0 Å². The van der Waals surface area contributed by atoms with Crippen LogP contribution in [0.5, 0.6) is 0 Å². The summed E-state index contributed by atoms with van der Waals surface area (Å²) in [4.78, 5) is 25.1. The van der Waals surface area contributed by atoms with Crippen LogP contribution in [-0.2, 0) is 16.0 Å². The van der Waals surface area contributed by atoms with E-state index in [1.165, 1.54) is 0 Å². The first kappa shape index (κ1) is 11.5. The summed E-state index contributed by atoms with van der Waals surface area (Å²) in [6.07, 6.45) is 3.73. The number of aromatic amines is 1. The second-order valence-corrected chi connectivity index (χ2v) is 4.80. The molecular weight excluding hydrogens is 238 g/mol. The van der Waals surface area contributed by atoms with Crippen molar-refractivity contribution in [1.82, 2.24) is 15.5 Å². The minimum Gasteiger partial charge on any atom is -0.374 e. The summed E-state index contributed by atoms with van der Waals surface area (Å²) >= 11 is 0. The number of hydrogen-bond acceptors (Lipinski definition) is 5. The Balaban J connectivity index is 1.46. The van der Waals surface area contributed by atoms with Crippen LogP contribution in [0.2, 0.25) is 0 Å². The molecule has 0 aromatic carbocycles. The number of nitrogens with one attached hydrogen (secondary N) is 2. The van der Waals surface area contributed by atoms with E-state index >= 15 is 0 Å². The van der Waals surface area contributed by atoms with E-state index in [1.54, 1.807) is 0 Å². The Morgan fingerprint density at radius 2 is 2.39 bits per heavy atom. The van der Waals surface area contributed by atoms with Crippen LogP contribution >= 0.6 is 0 Å². The summed E-state index contributed by atoms with van der Waals surface area (Å²) in [7, 11) is 0. The van der Waals surface area contributed by atoms with Gasteiger partial charge < -0.3 is 10.1 Å². The Morgan fingerprint density at radius 3 is 3.00 bits per heavy atom. The molecule has 2 aliphatic heterocycles. The first-order valence-electron chi connectivity index (χ1n) is 6.20. The highest BCUT2D eigenvalue weighted by Crippen LogP contribution is 2.38. The normalized spacial score (nSPS) is 29.7. The second kappa shape index (κ2) is 4.56. The number of rotatable bonds is 4. The molecule has 3 rings (SSSR count). The molecule has 0 aliphatic carbocycles. The topological polar surface area (TPSA) is 97.2 Å². The lowest BCUT2D eigenvalue weighted by Crippen LogP contribution is -2.37. The lowest BCUT2D eigenvalue weighted by atomic mass is 9.88. The van der Waals surface area contributed by atoms with Crippen molar-refractivity contribution in [2.45, 2.75) is 37.9 Å². The minimum absolute atomic E-state index is 0.0138. The fourth-order valence-electron chi connectivity index (χ4n) is 2.72. The molecule has 98 valence electrons. The van der Waals surface area contributed by atoms with Gasteiger partial charge in [-0.2, -0.15) is 0 Å². The molecule has 7 heteroatoms. The van der Waals surface area contributed by atoms with Gasteiger partial charge in [-0.3, -0.25) is 14.3 Å². The maximum Gasteiger partial charge on any atom is 0.438 e. The van der Waals surface area contributed by atoms with Crippen molar-refractivity contribution in [1.29, 1.82) is 0 Å². The van der Waals surface area contributed by atoms with Gasteiger partial charge in [-0.25, -0.2) is 4.79 Å². The molecule has 0 spiro atoms. The maximum absolute atomic E-state index is 11.9. The molecule has 1 aromatic heterocycles. The van der Waals surface area contributed by atoms with Crippen molar-refractivity contribution in [3.8, 4) is 0 Å². The van der Waals surface area contributed by atoms with Crippen LogP contribution < -0.4 is 11.1 Å². The molecule has 7 nitrogen and oxygen atoms in total. The average Bonchev–Trinajstić information content (AvgIpc) is 3.05. The molecule has 0 unspecified atom stereocenters. The molecule has 2 bridgehead atoms. The lowest BCUT2D eigenvalue weighted by Gasteiger charge is -2.17. The van der Waals surface area contributed by atoms with Crippen LogP contribution in [0.25, 0.3) is 0 Å². The summed E-state index contributed by atoms with van der Waals surface area (Å²) in [6, 6.07) is 0. The number of fused-ring (bicyclic) bond motifs is 2. The van der Waals surface area contributed by atoms with Crippen LogP contribution in [-0.4, -0.2) is 34.8 Å². The lowest BCUT2D eigenvalue weighted by molar-refractivity contribution is -0.126. The van der Waals surface area contributed by atoms with E-state index in [2.05, 4.69) is 20.0 Å². The van der Waals surface area contributed by atoms with Gasteiger partial charge in [-0.1, -0.05) is 5.16 Å². The zero-order chi connectivity index (χ0) is 12.5. The summed E-state index contributed by atoms with van der Waals surface area (Å²) < 4.78 is 10.0. The SMILES string of the molecule is O=C(NCCc1noc(=O)[nH]1)[C@@H]1C[C@@H]2CC[C@H]1O2. The van der Waals surface area contributed by atoms with Gasteiger partial charge in [0.25, 0.3) is 0 Å². The third-order valence-electron chi connectivity index (χ3n) is 3.59. The predicted molar refractivity (Wildman–Crippen MR) is 59.8 cm³/mol.